The van der Waals surface area contributed by atoms with E-state index in [0.717, 1.165) is 29.6 Å². The third-order valence-corrected chi connectivity index (χ3v) is 3.60. The van der Waals surface area contributed by atoms with Crippen LogP contribution in [-0.2, 0) is 4.79 Å². The van der Waals surface area contributed by atoms with E-state index in [-0.39, 0.29) is 0 Å². The van der Waals surface area contributed by atoms with Crippen molar-refractivity contribution in [2.75, 3.05) is 24.0 Å². The van der Waals surface area contributed by atoms with Crippen LogP contribution in [0.4, 0.5) is 5.82 Å². The summed E-state index contributed by atoms with van der Waals surface area (Å²) in [6, 6.07) is 4.05. The van der Waals surface area contributed by atoms with Crippen LogP contribution in [0.1, 0.15) is 18.9 Å². The Balaban J connectivity index is 2.89. The van der Waals surface area contributed by atoms with Crippen LogP contribution >= 0.6 is 11.8 Å². The second-order valence-electron chi connectivity index (χ2n) is 4.33. The van der Waals surface area contributed by atoms with Gasteiger partial charge in [-0.2, -0.15) is 11.8 Å². The molecule has 0 saturated heterocycles. The average molecular weight is 280 g/mol. The summed E-state index contributed by atoms with van der Waals surface area (Å²) < 4.78 is 0. The molecule has 4 nitrogen and oxygen atoms in total. The van der Waals surface area contributed by atoms with Crippen LogP contribution in [0.2, 0.25) is 0 Å². The van der Waals surface area contributed by atoms with Crippen molar-refractivity contribution in [3.63, 3.8) is 0 Å². The Morgan fingerprint density at radius 3 is 3.00 bits per heavy atom. The second kappa shape index (κ2) is 7.84. The highest BCUT2D eigenvalue weighted by Gasteiger charge is 2.13. The van der Waals surface area contributed by atoms with Crippen LogP contribution < -0.4 is 4.90 Å². The van der Waals surface area contributed by atoms with E-state index in [2.05, 4.69) is 23.1 Å². The van der Waals surface area contributed by atoms with Gasteiger partial charge < -0.3 is 10.0 Å². The van der Waals surface area contributed by atoms with E-state index in [1.165, 1.54) is 0 Å². The van der Waals surface area contributed by atoms with E-state index in [1.807, 2.05) is 30.9 Å². The van der Waals surface area contributed by atoms with E-state index in [1.54, 1.807) is 12.3 Å². The molecule has 1 atom stereocenters. The van der Waals surface area contributed by atoms with E-state index < -0.39 is 5.97 Å². The number of hydrogen-bond donors (Lipinski definition) is 1. The van der Waals surface area contributed by atoms with Gasteiger partial charge in [0, 0.05) is 30.9 Å². The maximum Gasteiger partial charge on any atom is 0.328 e. The monoisotopic (exact) mass is 280 g/mol. The summed E-state index contributed by atoms with van der Waals surface area (Å²) in [5, 5.41) is 8.71. The zero-order valence-electron chi connectivity index (χ0n) is 11.5. The Bertz CT molecular complexity index is 449. The van der Waals surface area contributed by atoms with Gasteiger partial charge in [-0.05, 0) is 43.6 Å². The van der Waals surface area contributed by atoms with Crippen molar-refractivity contribution in [2.24, 2.45) is 0 Å². The fourth-order valence-corrected chi connectivity index (χ4v) is 2.26. The summed E-state index contributed by atoms with van der Waals surface area (Å²) in [6.45, 7) is 2.15. The molecule has 19 heavy (non-hydrogen) atoms. The lowest BCUT2D eigenvalue weighted by Crippen LogP contribution is -2.30. The molecule has 0 fully saturated rings. The van der Waals surface area contributed by atoms with Crippen molar-refractivity contribution in [1.29, 1.82) is 0 Å². The Morgan fingerprint density at radius 1 is 1.63 bits per heavy atom. The first-order chi connectivity index (χ1) is 9.06. The second-order valence-corrected chi connectivity index (χ2v) is 5.31. The number of thioether (sulfide) groups is 1. The number of aliphatic carboxylic acids is 1. The number of hydrogen-bond acceptors (Lipinski definition) is 4. The summed E-state index contributed by atoms with van der Waals surface area (Å²) in [5.74, 6) is 0.958. The number of carboxylic acid groups (broad SMARTS) is 1. The molecule has 1 N–H and O–H groups in total. The van der Waals surface area contributed by atoms with Gasteiger partial charge in [0.05, 0.1) is 0 Å². The lowest BCUT2D eigenvalue weighted by Gasteiger charge is -2.27. The predicted octanol–water partition coefficient (Wildman–Crippen LogP) is 2.76. The zero-order chi connectivity index (χ0) is 14.3. The largest absolute Gasteiger partial charge is 0.478 e. The zero-order valence-corrected chi connectivity index (χ0v) is 12.4. The van der Waals surface area contributed by atoms with Gasteiger partial charge in [-0.15, -0.1) is 0 Å². The standard InChI is InChI=1S/C14H20N2O2S/c1-11(8-10-19-3)16(2)14-12(5-4-9-15-14)6-7-13(17)18/h4-7,9,11H,8,10H2,1-3H3,(H,17,18)/b7-6+. The highest BCUT2D eigenvalue weighted by atomic mass is 32.2. The third kappa shape index (κ3) is 4.95. The van der Waals surface area contributed by atoms with Gasteiger partial charge in [-0.25, -0.2) is 9.78 Å². The van der Waals surface area contributed by atoms with Crippen LogP contribution in [0.25, 0.3) is 6.08 Å². The fourth-order valence-electron chi connectivity index (χ4n) is 1.69. The molecule has 0 aliphatic rings. The molecule has 1 aromatic rings. The fraction of sp³-hybridized carbons (Fsp3) is 0.429. The molecule has 0 bridgehead atoms. The van der Waals surface area contributed by atoms with Gasteiger partial charge in [-0.3, -0.25) is 0 Å². The Morgan fingerprint density at radius 2 is 2.37 bits per heavy atom. The van der Waals surface area contributed by atoms with Crippen LogP contribution in [0.5, 0.6) is 0 Å². The van der Waals surface area contributed by atoms with E-state index in [4.69, 9.17) is 5.11 Å². The van der Waals surface area contributed by atoms with Gasteiger partial charge >= 0.3 is 5.97 Å². The van der Waals surface area contributed by atoms with Gasteiger partial charge in [0.1, 0.15) is 5.82 Å². The topological polar surface area (TPSA) is 53.4 Å². The number of carboxylic acids is 1. The molecule has 0 saturated carbocycles. The number of rotatable bonds is 7. The lowest BCUT2D eigenvalue weighted by atomic mass is 10.2. The molecule has 0 amide bonds. The third-order valence-electron chi connectivity index (χ3n) is 2.96. The lowest BCUT2D eigenvalue weighted by molar-refractivity contribution is -0.131. The quantitative estimate of drug-likeness (QED) is 0.778. The van der Waals surface area contributed by atoms with Crippen LogP contribution in [0.3, 0.4) is 0 Å². The maximum absolute atomic E-state index is 10.6. The van der Waals surface area contributed by atoms with Crippen molar-refractivity contribution < 1.29 is 9.90 Å². The van der Waals surface area contributed by atoms with E-state index in [0.29, 0.717) is 6.04 Å². The molecule has 0 aliphatic carbocycles. The molecular weight excluding hydrogens is 260 g/mol. The molecule has 1 aromatic heterocycles. The first-order valence-corrected chi connectivity index (χ1v) is 7.53. The normalized spacial score (nSPS) is 12.6. The number of carbonyl (C=O) groups is 1. The Hall–Kier alpha value is -1.49. The van der Waals surface area contributed by atoms with Gasteiger partial charge in [0.15, 0.2) is 0 Å². The number of aromatic nitrogens is 1. The molecule has 1 heterocycles. The summed E-state index contributed by atoms with van der Waals surface area (Å²) in [7, 11) is 1.99. The minimum absolute atomic E-state index is 0.360. The van der Waals surface area contributed by atoms with Crippen LogP contribution in [0, 0.1) is 0 Å². The number of pyridine rings is 1. The summed E-state index contributed by atoms with van der Waals surface area (Å²) in [4.78, 5) is 17.1. The highest BCUT2D eigenvalue weighted by Crippen LogP contribution is 2.21. The first kappa shape index (κ1) is 15.6. The van der Waals surface area contributed by atoms with Gasteiger partial charge in [0.2, 0.25) is 0 Å². The Labute approximate surface area is 118 Å². The molecule has 0 spiro atoms. The summed E-state index contributed by atoms with van der Waals surface area (Å²) in [6.07, 6.45) is 7.61. The molecule has 5 heteroatoms. The van der Waals surface area contributed by atoms with E-state index >= 15 is 0 Å². The average Bonchev–Trinajstić information content (AvgIpc) is 2.42. The molecule has 0 aromatic carbocycles. The van der Waals surface area contributed by atoms with Crippen LogP contribution in [0.15, 0.2) is 24.4 Å². The molecule has 104 valence electrons. The summed E-state index contributed by atoms with van der Waals surface area (Å²) in [5.41, 5.74) is 0.823. The summed E-state index contributed by atoms with van der Waals surface area (Å²) >= 11 is 1.82. The molecule has 1 rings (SSSR count). The van der Waals surface area contributed by atoms with Crippen LogP contribution in [-0.4, -0.2) is 41.2 Å². The van der Waals surface area contributed by atoms with Crippen molar-refractivity contribution in [1.82, 2.24) is 4.98 Å². The maximum atomic E-state index is 10.6. The van der Waals surface area contributed by atoms with Crippen molar-refractivity contribution in [2.45, 2.75) is 19.4 Å². The van der Waals surface area contributed by atoms with Crippen molar-refractivity contribution in [3.8, 4) is 0 Å². The van der Waals surface area contributed by atoms with E-state index in [9.17, 15) is 4.79 Å². The Kier molecular flexibility index (Phi) is 6.42. The molecular formula is C14H20N2O2S. The van der Waals surface area contributed by atoms with Crippen molar-refractivity contribution in [3.05, 3.63) is 30.0 Å². The minimum Gasteiger partial charge on any atom is -0.478 e. The number of nitrogens with zero attached hydrogens (tertiary/aromatic N) is 2. The molecule has 0 radical (unpaired) electrons. The highest BCUT2D eigenvalue weighted by molar-refractivity contribution is 7.98. The number of anilines is 1. The van der Waals surface area contributed by atoms with Gasteiger partial charge in [-0.1, -0.05) is 0 Å². The molecule has 0 aliphatic heterocycles. The van der Waals surface area contributed by atoms with Gasteiger partial charge in [0.25, 0.3) is 0 Å². The first-order valence-electron chi connectivity index (χ1n) is 6.14. The molecule has 1 unspecified atom stereocenters. The smallest absolute Gasteiger partial charge is 0.328 e. The van der Waals surface area contributed by atoms with Crippen molar-refractivity contribution >= 4 is 29.6 Å². The predicted molar refractivity (Wildman–Crippen MR) is 81.8 cm³/mol. The minimum atomic E-state index is -0.951. The SMILES string of the molecule is CSCCC(C)N(C)c1ncccc1/C=C/C(=O)O.